The Balaban J connectivity index is 1.55. The second kappa shape index (κ2) is 6.72. The molecule has 3 heterocycles. The summed E-state index contributed by atoms with van der Waals surface area (Å²) in [6.45, 7) is 4.15. The van der Waals surface area contributed by atoms with Crippen LogP contribution < -0.4 is 10.1 Å². The van der Waals surface area contributed by atoms with Gasteiger partial charge < -0.3 is 15.0 Å². The van der Waals surface area contributed by atoms with Gasteiger partial charge in [0.05, 0.1) is 5.56 Å². The van der Waals surface area contributed by atoms with E-state index in [1.807, 2.05) is 6.07 Å². The van der Waals surface area contributed by atoms with Crippen molar-refractivity contribution in [3.63, 3.8) is 0 Å². The molecule has 0 radical (unpaired) electrons. The number of rotatable bonds is 2. The fourth-order valence-corrected chi connectivity index (χ4v) is 5.13. The first kappa shape index (κ1) is 18.1. The number of benzene rings is 1. The van der Waals surface area contributed by atoms with Gasteiger partial charge in [-0.15, -0.1) is 0 Å². The number of nitrogens with zero attached hydrogens (tertiary/aromatic N) is 1. The van der Waals surface area contributed by atoms with Gasteiger partial charge in [-0.05, 0) is 77.1 Å². The van der Waals surface area contributed by atoms with Crippen LogP contribution in [0.4, 0.5) is 0 Å². The van der Waals surface area contributed by atoms with E-state index in [0.29, 0.717) is 22.7 Å². The van der Waals surface area contributed by atoms with Crippen LogP contribution >= 0.6 is 11.6 Å². The molecule has 1 aromatic carbocycles. The zero-order valence-corrected chi connectivity index (χ0v) is 16.7. The quantitative estimate of drug-likeness (QED) is 0.841. The normalized spacial score (nSPS) is 30.2. The topological polar surface area (TPSA) is 41.6 Å². The first-order chi connectivity index (χ1) is 12.3. The van der Waals surface area contributed by atoms with Gasteiger partial charge in [0.2, 0.25) is 0 Å². The highest BCUT2D eigenvalue weighted by Crippen LogP contribution is 2.38. The molecule has 4 nitrogen and oxygen atoms in total. The van der Waals surface area contributed by atoms with Crippen LogP contribution in [-0.2, 0) is 6.42 Å². The Morgan fingerprint density at radius 1 is 1.27 bits per heavy atom. The average molecular weight is 377 g/mol. The zero-order chi connectivity index (χ0) is 18.5. The molecule has 0 spiro atoms. The number of fused-ring (bicyclic) bond motifs is 3. The molecule has 0 aliphatic carbocycles. The van der Waals surface area contributed by atoms with Crippen LogP contribution in [-0.4, -0.2) is 41.6 Å². The summed E-state index contributed by atoms with van der Waals surface area (Å²) in [5.41, 5.74) is 1.38. The Labute approximate surface area is 161 Å². The first-order valence-electron chi connectivity index (χ1n) is 9.86. The fourth-order valence-electron chi connectivity index (χ4n) is 4.88. The minimum absolute atomic E-state index is 0.0472. The van der Waals surface area contributed by atoms with Crippen molar-refractivity contribution in [2.24, 2.45) is 0 Å². The lowest BCUT2D eigenvalue weighted by molar-refractivity contribution is 0.0458. The summed E-state index contributed by atoms with van der Waals surface area (Å²) in [6.07, 6.45) is 7.68. The molecule has 3 aliphatic heterocycles. The first-order valence-corrected chi connectivity index (χ1v) is 10.2. The van der Waals surface area contributed by atoms with E-state index in [-0.39, 0.29) is 17.6 Å². The highest BCUT2D eigenvalue weighted by Gasteiger charge is 2.37. The minimum atomic E-state index is -0.250. The number of piperidine rings is 2. The van der Waals surface area contributed by atoms with E-state index in [1.54, 1.807) is 6.07 Å². The van der Waals surface area contributed by atoms with Crippen LogP contribution in [0.2, 0.25) is 5.02 Å². The standard InChI is InChI=1S/C21H29ClN2O2/c1-21(2)8-7-13-9-14(22)10-18(19(13)26-21)20(25)23-15-11-16-5-4-6-17(12-15)24(16)3/h9-10,15-17H,4-8,11-12H2,1-3H3,(H,23,25). The summed E-state index contributed by atoms with van der Waals surface area (Å²) in [4.78, 5) is 15.6. The molecule has 3 aliphatic rings. The van der Waals surface area contributed by atoms with Gasteiger partial charge in [-0.3, -0.25) is 4.79 Å². The van der Waals surface area contributed by atoms with Crippen molar-refractivity contribution in [1.82, 2.24) is 10.2 Å². The van der Waals surface area contributed by atoms with Gasteiger partial charge >= 0.3 is 0 Å². The highest BCUT2D eigenvalue weighted by atomic mass is 35.5. The molecule has 5 heteroatoms. The lowest BCUT2D eigenvalue weighted by Crippen LogP contribution is -2.55. The van der Waals surface area contributed by atoms with Gasteiger partial charge in [0.1, 0.15) is 11.4 Å². The number of nitrogens with one attached hydrogen (secondary N) is 1. The largest absolute Gasteiger partial charge is 0.487 e. The molecule has 142 valence electrons. The van der Waals surface area contributed by atoms with E-state index in [9.17, 15) is 4.79 Å². The smallest absolute Gasteiger partial charge is 0.255 e. The van der Waals surface area contributed by atoms with Crippen LogP contribution in [0.5, 0.6) is 5.75 Å². The number of hydrogen-bond acceptors (Lipinski definition) is 3. The summed E-state index contributed by atoms with van der Waals surface area (Å²) in [6, 6.07) is 5.11. The average Bonchev–Trinajstić information content (AvgIpc) is 2.55. The maximum atomic E-state index is 13.1. The third-order valence-electron chi connectivity index (χ3n) is 6.43. The molecule has 2 saturated heterocycles. The minimum Gasteiger partial charge on any atom is -0.487 e. The van der Waals surface area contributed by atoms with Crippen molar-refractivity contribution in [2.75, 3.05) is 7.05 Å². The van der Waals surface area contributed by atoms with Crippen molar-refractivity contribution < 1.29 is 9.53 Å². The van der Waals surface area contributed by atoms with Crippen LogP contribution in [0.25, 0.3) is 0 Å². The predicted octanol–water partition coefficient (Wildman–Crippen LogP) is 4.19. The summed E-state index contributed by atoms with van der Waals surface area (Å²) in [7, 11) is 2.23. The summed E-state index contributed by atoms with van der Waals surface area (Å²) in [5.74, 6) is 0.672. The van der Waals surface area contributed by atoms with Crippen molar-refractivity contribution in [2.45, 2.75) is 82.5 Å². The Kier molecular flexibility index (Phi) is 4.68. The second-order valence-corrected chi connectivity index (χ2v) is 9.29. The van der Waals surface area contributed by atoms with Crippen LogP contribution in [0, 0.1) is 0 Å². The predicted molar refractivity (Wildman–Crippen MR) is 104 cm³/mol. The Bertz CT molecular complexity index is 704. The van der Waals surface area contributed by atoms with Crippen molar-refractivity contribution >= 4 is 17.5 Å². The van der Waals surface area contributed by atoms with Crippen molar-refractivity contribution in [3.05, 3.63) is 28.3 Å². The van der Waals surface area contributed by atoms with Gasteiger partial charge in [-0.25, -0.2) is 0 Å². The number of aryl methyl sites for hydroxylation is 1. The molecular weight excluding hydrogens is 348 g/mol. The molecule has 2 unspecified atom stereocenters. The molecule has 1 amide bonds. The Morgan fingerprint density at radius 2 is 1.96 bits per heavy atom. The zero-order valence-electron chi connectivity index (χ0n) is 16.0. The maximum Gasteiger partial charge on any atom is 0.255 e. The van der Waals surface area contributed by atoms with E-state index in [1.165, 1.54) is 19.3 Å². The molecule has 1 aromatic rings. The van der Waals surface area contributed by atoms with E-state index < -0.39 is 0 Å². The number of carbonyl (C=O) groups is 1. The Morgan fingerprint density at radius 3 is 2.65 bits per heavy atom. The van der Waals surface area contributed by atoms with Crippen LogP contribution in [0.15, 0.2) is 12.1 Å². The molecule has 1 N–H and O–H groups in total. The van der Waals surface area contributed by atoms with Crippen molar-refractivity contribution in [3.8, 4) is 5.75 Å². The van der Waals surface area contributed by atoms with E-state index in [2.05, 4.69) is 31.1 Å². The van der Waals surface area contributed by atoms with Crippen molar-refractivity contribution in [1.29, 1.82) is 0 Å². The maximum absolute atomic E-state index is 13.1. The van der Waals surface area contributed by atoms with Gasteiger partial charge in [0.15, 0.2) is 0 Å². The highest BCUT2D eigenvalue weighted by molar-refractivity contribution is 6.31. The number of amides is 1. The van der Waals surface area contributed by atoms with Gasteiger partial charge in [0.25, 0.3) is 5.91 Å². The lowest BCUT2D eigenvalue weighted by atomic mass is 9.82. The monoisotopic (exact) mass is 376 g/mol. The SMILES string of the molecule is CN1C2CCCC1CC(NC(=O)c1cc(Cl)cc3c1OC(C)(C)CC3)C2. The lowest BCUT2D eigenvalue weighted by Gasteiger charge is -2.47. The van der Waals surface area contributed by atoms with E-state index >= 15 is 0 Å². The van der Waals surface area contributed by atoms with E-state index in [0.717, 1.165) is 37.0 Å². The van der Waals surface area contributed by atoms with Gasteiger partial charge in [-0.1, -0.05) is 18.0 Å². The van der Waals surface area contributed by atoms with E-state index in [4.69, 9.17) is 16.3 Å². The van der Waals surface area contributed by atoms with Gasteiger partial charge in [0, 0.05) is 23.1 Å². The third kappa shape index (κ3) is 3.46. The molecule has 2 fully saturated rings. The number of ether oxygens (including phenoxy) is 1. The second-order valence-electron chi connectivity index (χ2n) is 8.85. The molecule has 4 rings (SSSR count). The van der Waals surface area contributed by atoms with Crippen LogP contribution in [0.3, 0.4) is 0 Å². The summed E-state index contributed by atoms with van der Waals surface area (Å²) >= 11 is 6.29. The van der Waals surface area contributed by atoms with Gasteiger partial charge in [-0.2, -0.15) is 0 Å². The summed E-state index contributed by atoms with van der Waals surface area (Å²) in [5, 5.41) is 3.89. The summed E-state index contributed by atoms with van der Waals surface area (Å²) < 4.78 is 6.18. The molecule has 0 aromatic heterocycles. The third-order valence-corrected chi connectivity index (χ3v) is 6.64. The fraction of sp³-hybridized carbons (Fsp3) is 0.667. The Hall–Kier alpha value is -1.26. The molecule has 26 heavy (non-hydrogen) atoms. The molecule has 2 atom stereocenters. The molecule has 0 saturated carbocycles. The number of carbonyl (C=O) groups excluding carboxylic acids is 1. The number of halogens is 1. The molecular formula is C21H29ClN2O2. The van der Waals surface area contributed by atoms with Crippen LogP contribution in [0.1, 0.15) is 68.3 Å². The number of hydrogen-bond donors (Lipinski definition) is 1. The molecule has 2 bridgehead atoms.